The molecule has 1 unspecified atom stereocenters. The molecule has 0 saturated carbocycles. The molecule has 4 N–H and O–H groups in total. The molecular weight excluding hydrogens is 152 g/mol. The maximum Gasteiger partial charge on any atom is 0.231 e. The van der Waals surface area contributed by atoms with Crippen molar-refractivity contribution in [3.63, 3.8) is 0 Å². The van der Waals surface area contributed by atoms with Crippen molar-refractivity contribution in [2.45, 2.75) is 13.8 Å². The van der Waals surface area contributed by atoms with Crippen LogP contribution in [0.3, 0.4) is 0 Å². The minimum absolute atomic E-state index is 0.113. The third-order valence-electron chi connectivity index (χ3n) is 1.23. The first-order valence-electron chi connectivity index (χ1n) is 3.02. The molecule has 0 heterocycles. The van der Waals surface area contributed by atoms with E-state index in [4.69, 9.17) is 10.3 Å². The van der Waals surface area contributed by atoms with Crippen molar-refractivity contribution in [2.24, 2.45) is 11.1 Å². The molecule has 0 aliphatic rings. The number of rotatable bonds is 4. The van der Waals surface area contributed by atoms with Crippen LogP contribution < -0.4 is 10.5 Å². The third-order valence-corrected chi connectivity index (χ3v) is 1.62. The molecule has 10 heavy (non-hydrogen) atoms. The van der Waals surface area contributed by atoms with E-state index in [1.807, 2.05) is 13.8 Å². The van der Waals surface area contributed by atoms with Gasteiger partial charge in [-0.2, -0.15) is 0 Å². The fourth-order valence-electron chi connectivity index (χ4n) is 0.329. The van der Waals surface area contributed by atoms with Crippen molar-refractivity contribution >= 4 is 11.3 Å². The Morgan fingerprint density at radius 2 is 2.20 bits per heavy atom. The van der Waals surface area contributed by atoms with E-state index in [0.717, 1.165) is 0 Å². The highest BCUT2D eigenvalue weighted by Crippen LogP contribution is 2.09. The van der Waals surface area contributed by atoms with Gasteiger partial charge in [0.2, 0.25) is 11.3 Å². The van der Waals surface area contributed by atoms with E-state index in [1.165, 1.54) is 0 Å². The van der Waals surface area contributed by atoms with E-state index >= 15 is 0 Å². The van der Waals surface area contributed by atoms with Crippen molar-refractivity contribution in [1.29, 1.82) is 0 Å². The van der Waals surface area contributed by atoms with Gasteiger partial charge in [0.1, 0.15) is 0 Å². The lowest BCUT2D eigenvalue weighted by molar-refractivity contribution is 0.374. The summed E-state index contributed by atoms with van der Waals surface area (Å²) in [5.74, 6) is 0. The van der Waals surface area contributed by atoms with Gasteiger partial charge in [-0.1, -0.05) is 13.8 Å². The Morgan fingerprint density at radius 1 is 1.70 bits per heavy atom. The van der Waals surface area contributed by atoms with Crippen LogP contribution in [0.25, 0.3) is 0 Å². The van der Waals surface area contributed by atoms with Crippen LogP contribution in [0.4, 0.5) is 0 Å². The molecule has 0 bridgehead atoms. The molecule has 0 aromatic heterocycles. The van der Waals surface area contributed by atoms with Crippen LogP contribution in [0.2, 0.25) is 0 Å². The fourth-order valence-corrected chi connectivity index (χ4v) is 0.843. The molecule has 0 saturated heterocycles. The number of hydrogen-bond donors (Lipinski definition) is 3. The molecule has 0 aromatic carbocycles. The summed E-state index contributed by atoms with van der Waals surface area (Å²) in [6.07, 6.45) is 0. The minimum Gasteiger partial charge on any atom is -0.330 e. The number of nitrogens with two attached hydrogens (primary N) is 1. The van der Waals surface area contributed by atoms with E-state index in [-0.39, 0.29) is 5.41 Å². The van der Waals surface area contributed by atoms with Gasteiger partial charge in [-0.3, -0.25) is 4.55 Å². The number of hydrogen-bond acceptors (Lipinski definition) is 2. The Kier molecular flexibility index (Phi) is 4.04. The molecule has 0 aliphatic carbocycles. The van der Waals surface area contributed by atoms with Crippen LogP contribution in [0, 0.1) is 5.41 Å². The highest BCUT2D eigenvalue weighted by atomic mass is 32.2. The summed E-state index contributed by atoms with van der Waals surface area (Å²) in [4.78, 5) is 0. The van der Waals surface area contributed by atoms with Crippen LogP contribution in [-0.4, -0.2) is 21.9 Å². The summed E-state index contributed by atoms with van der Waals surface area (Å²) in [5, 5.41) is 0. The van der Waals surface area contributed by atoms with Gasteiger partial charge in [0.05, 0.1) is 0 Å². The maximum absolute atomic E-state index is 10.1. The number of nitrogens with one attached hydrogen (secondary N) is 1. The van der Waals surface area contributed by atoms with Gasteiger partial charge < -0.3 is 5.73 Å². The SMILES string of the molecule is CC(C)(CN)CNS(=O)O. The molecule has 4 nitrogen and oxygen atoms in total. The van der Waals surface area contributed by atoms with Gasteiger partial charge in [-0.05, 0) is 12.0 Å². The Morgan fingerprint density at radius 3 is 2.50 bits per heavy atom. The van der Waals surface area contributed by atoms with E-state index in [9.17, 15) is 4.21 Å². The summed E-state index contributed by atoms with van der Waals surface area (Å²) in [7, 11) is 0. The molecule has 0 rings (SSSR count). The minimum atomic E-state index is -1.92. The highest BCUT2D eigenvalue weighted by Gasteiger charge is 2.15. The van der Waals surface area contributed by atoms with Crippen LogP contribution >= 0.6 is 0 Å². The van der Waals surface area contributed by atoms with Crippen LogP contribution in [-0.2, 0) is 11.3 Å². The molecule has 0 spiro atoms. The first-order valence-corrected chi connectivity index (χ1v) is 4.13. The van der Waals surface area contributed by atoms with Gasteiger partial charge in [-0.25, -0.2) is 8.93 Å². The Hall–Kier alpha value is 0.0300. The molecule has 0 fully saturated rings. The van der Waals surface area contributed by atoms with Crippen molar-refractivity contribution in [3.05, 3.63) is 0 Å². The topological polar surface area (TPSA) is 75.3 Å². The van der Waals surface area contributed by atoms with Crippen molar-refractivity contribution in [3.8, 4) is 0 Å². The lowest BCUT2D eigenvalue weighted by atomic mass is 9.95. The Labute approximate surface area is 63.6 Å². The Balaban J connectivity index is 3.56. The summed E-state index contributed by atoms with van der Waals surface area (Å²) < 4.78 is 20.8. The maximum atomic E-state index is 10.1. The van der Waals surface area contributed by atoms with E-state index < -0.39 is 11.3 Å². The van der Waals surface area contributed by atoms with Gasteiger partial charge in [-0.15, -0.1) is 0 Å². The van der Waals surface area contributed by atoms with Gasteiger partial charge in [0, 0.05) is 6.54 Å². The van der Waals surface area contributed by atoms with E-state index in [0.29, 0.717) is 13.1 Å². The smallest absolute Gasteiger partial charge is 0.231 e. The average Bonchev–Trinajstić information content (AvgIpc) is 1.85. The first-order chi connectivity index (χ1) is 4.48. The largest absolute Gasteiger partial charge is 0.330 e. The molecule has 0 aromatic rings. The predicted octanol–water partition coefficient (Wildman–Crippen LogP) is -0.302. The lowest BCUT2D eigenvalue weighted by Crippen LogP contribution is -2.36. The summed E-state index contributed by atoms with van der Waals surface area (Å²) in [5.41, 5.74) is 5.26. The summed E-state index contributed by atoms with van der Waals surface area (Å²) in [6, 6.07) is 0. The standard InChI is InChI=1S/C5H14N2O2S/c1-5(2,3-6)4-7-10(8)9/h7H,3-4,6H2,1-2H3,(H,8,9). The van der Waals surface area contributed by atoms with Crippen molar-refractivity contribution in [1.82, 2.24) is 4.72 Å². The lowest BCUT2D eigenvalue weighted by Gasteiger charge is -2.20. The second-order valence-corrected chi connectivity index (χ2v) is 3.73. The van der Waals surface area contributed by atoms with E-state index in [1.54, 1.807) is 0 Å². The summed E-state index contributed by atoms with van der Waals surface area (Å²) >= 11 is -1.92. The van der Waals surface area contributed by atoms with Gasteiger partial charge in [0.15, 0.2) is 0 Å². The van der Waals surface area contributed by atoms with Gasteiger partial charge in [0.25, 0.3) is 0 Å². The molecular formula is C5H14N2O2S. The van der Waals surface area contributed by atoms with E-state index in [2.05, 4.69) is 4.72 Å². The molecule has 0 amide bonds. The zero-order chi connectivity index (χ0) is 8.20. The quantitative estimate of drug-likeness (QED) is 0.502. The molecule has 62 valence electrons. The molecule has 0 aliphatic heterocycles. The molecule has 0 radical (unpaired) electrons. The third kappa shape index (κ3) is 4.87. The average molecular weight is 166 g/mol. The molecule has 1 atom stereocenters. The van der Waals surface area contributed by atoms with Crippen molar-refractivity contribution < 1.29 is 8.76 Å². The zero-order valence-corrected chi connectivity index (χ0v) is 7.07. The Bertz CT molecular complexity index is 127. The van der Waals surface area contributed by atoms with Gasteiger partial charge >= 0.3 is 0 Å². The second-order valence-electron chi connectivity index (χ2n) is 2.94. The molecule has 5 heteroatoms. The normalized spacial score (nSPS) is 15.2. The second kappa shape index (κ2) is 4.02. The highest BCUT2D eigenvalue weighted by molar-refractivity contribution is 7.77. The predicted molar refractivity (Wildman–Crippen MR) is 41.6 cm³/mol. The first kappa shape index (κ1) is 10.0. The monoisotopic (exact) mass is 166 g/mol. The summed E-state index contributed by atoms with van der Waals surface area (Å²) in [6.45, 7) is 4.80. The zero-order valence-electron chi connectivity index (χ0n) is 6.26. The fraction of sp³-hybridized carbons (Fsp3) is 1.00. The van der Waals surface area contributed by atoms with Crippen LogP contribution in [0.5, 0.6) is 0 Å². The van der Waals surface area contributed by atoms with Crippen LogP contribution in [0.15, 0.2) is 0 Å². The van der Waals surface area contributed by atoms with Crippen molar-refractivity contribution in [2.75, 3.05) is 13.1 Å². The van der Waals surface area contributed by atoms with Crippen LogP contribution in [0.1, 0.15) is 13.8 Å².